The maximum Gasteiger partial charge on any atom is 0.338 e. The number of aryl methyl sites for hydroxylation is 1. The Kier molecular flexibility index (Phi) is 8.00. The van der Waals surface area contributed by atoms with Crippen molar-refractivity contribution < 1.29 is 22.7 Å². The fourth-order valence-corrected chi connectivity index (χ4v) is 4.60. The summed E-state index contributed by atoms with van der Waals surface area (Å²) in [6.07, 6.45) is -1.09. The first-order valence-corrected chi connectivity index (χ1v) is 11.3. The van der Waals surface area contributed by atoms with E-state index in [1.54, 1.807) is 51.1 Å². The van der Waals surface area contributed by atoms with E-state index >= 15 is 0 Å². The van der Waals surface area contributed by atoms with E-state index in [0.29, 0.717) is 29.4 Å². The van der Waals surface area contributed by atoms with Crippen LogP contribution in [0.15, 0.2) is 47.4 Å². The zero-order valence-electron chi connectivity index (χ0n) is 17.3. The van der Waals surface area contributed by atoms with E-state index in [1.165, 1.54) is 23.4 Å². The topological polar surface area (TPSA) is 92.8 Å². The molecule has 0 aliphatic heterocycles. The molecule has 0 aromatic heterocycles. The minimum absolute atomic E-state index is 0.0407. The molecule has 9 heteroatoms. The van der Waals surface area contributed by atoms with Crippen molar-refractivity contribution in [2.24, 2.45) is 0 Å². The average Bonchev–Trinajstić information content (AvgIpc) is 2.70. The van der Waals surface area contributed by atoms with Crippen molar-refractivity contribution in [3.63, 3.8) is 0 Å². The number of benzene rings is 2. The molecule has 0 spiro atoms. The molecule has 2 aromatic carbocycles. The molecule has 1 N–H and O–H groups in total. The standard InChI is InChI=1S/C21H25ClN2O5S/c1-5-24(6-2)30(27,28)19-13-16(8-7-14(19)3)21(26)29-15(4)20(25)23-18-11-9-17(22)10-12-18/h7-13,15H,5-6H2,1-4H3,(H,23,25)/t15-/m0/s1. The Labute approximate surface area is 182 Å². The number of nitrogens with zero attached hydrogens (tertiary/aromatic N) is 1. The lowest BCUT2D eigenvalue weighted by Gasteiger charge is -2.20. The number of hydrogen-bond donors (Lipinski definition) is 1. The molecule has 0 heterocycles. The summed E-state index contributed by atoms with van der Waals surface area (Å²) >= 11 is 5.81. The van der Waals surface area contributed by atoms with E-state index < -0.39 is 28.0 Å². The Morgan fingerprint density at radius 3 is 2.27 bits per heavy atom. The van der Waals surface area contributed by atoms with Crippen LogP contribution in [0.25, 0.3) is 0 Å². The van der Waals surface area contributed by atoms with Crippen LogP contribution in [0.1, 0.15) is 36.7 Å². The minimum Gasteiger partial charge on any atom is -0.449 e. The highest BCUT2D eigenvalue weighted by atomic mass is 35.5. The molecule has 0 aliphatic carbocycles. The van der Waals surface area contributed by atoms with Crippen LogP contribution in [0.3, 0.4) is 0 Å². The van der Waals surface area contributed by atoms with Crippen molar-refractivity contribution in [2.45, 2.75) is 38.7 Å². The molecule has 0 aliphatic rings. The number of hydrogen-bond acceptors (Lipinski definition) is 5. The molecule has 0 saturated carbocycles. The van der Waals surface area contributed by atoms with E-state index in [-0.39, 0.29) is 10.5 Å². The highest BCUT2D eigenvalue weighted by Crippen LogP contribution is 2.22. The fraction of sp³-hybridized carbons (Fsp3) is 0.333. The Morgan fingerprint density at radius 1 is 1.10 bits per heavy atom. The van der Waals surface area contributed by atoms with Gasteiger partial charge in [0.1, 0.15) is 0 Å². The molecule has 2 aromatic rings. The summed E-state index contributed by atoms with van der Waals surface area (Å²) in [5, 5.41) is 3.15. The fourth-order valence-electron chi connectivity index (χ4n) is 2.77. The van der Waals surface area contributed by atoms with Gasteiger partial charge in [-0.1, -0.05) is 31.5 Å². The van der Waals surface area contributed by atoms with Crippen molar-refractivity contribution in [1.82, 2.24) is 4.31 Å². The van der Waals surface area contributed by atoms with Crippen LogP contribution in [0.4, 0.5) is 5.69 Å². The first kappa shape index (κ1) is 23.9. The second-order valence-electron chi connectivity index (χ2n) is 6.61. The minimum atomic E-state index is -3.74. The van der Waals surface area contributed by atoms with Gasteiger partial charge in [0.15, 0.2) is 6.10 Å². The lowest BCUT2D eigenvalue weighted by molar-refractivity contribution is -0.123. The number of amides is 1. The van der Waals surface area contributed by atoms with Gasteiger partial charge in [0.05, 0.1) is 10.5 Å². The summed E-state index contributed by atoms with van der Waals surface area (Å²) in [6, 6.07) is 10.8. The summed E-state index contributed by atoms with van der Waals surface area (Å²) in [5.74, 6) is -1.31. The third-order valence-electron chi connectivity index (χ3n) is 4.51. The van der Waals surface area contributed by atoms with Gasteiger partial charge in [0.25, 0.3) is 5.91 Å². The van der Waals surface area contributed by atoms with Crippen LogP contribution in [0.5, 0.6) is 0 Å². The summed E-state index contributed by atoms with van der Waals surface area (Å²) < 4.78 is 32.2. The van der Waals surface area contributed by atoms with E-state index in [9.17, 15) is 18.0 Å². The highest BCUT2D eigenvalue weighted by molar-refractivity contribution is 7.89. The molecule has 0 bridgehead atoms. The largest absolute Gasteiger partial charge is 0.449 e. The van der Waals surface area contributed by atoms with Crippen LogP contribution >= 0.6 is 11.6 Å². The monoisotopic (exact) mass is 452 g/mol. The number of esters is 1. The van der Waals surface area contributed by atoms with Crippen molar-refractivity contribution in [3.05, 3.63) is 58.6 Å². The molecule has 2 rings (SSSR count). The number of anilines is 1. The van der Waals surface area contributed by atoms with E-state index in [2.05, 4.69) is 5.32 Å². The van der Waals surface area contributed by atoms with Crippen LogP contribution in [0, 0.1) is 6.92 Å². The van der Waals surface area contributed by atoms with Gasteiger partial charge < -0.3 is 10.1 Å². The molecule has 1 amide bonds. The van der Waals surface area contributed by atoms with Gasteiger partial charge in [-0.25, -0.2) is 13.2 Å². The third kappa shape index (κ3) is 5.59. The Hall–Kier alpha value is -2.42. The van der Waals surface area contributed by atoms with Crippen molar-refractivity contribution in [3.8, 4) is 0 Å². The number of carbonyl (C=O) groups is 2. The number of halogens is 1. The van der Waals surface area contributed by atoms with Crippen molar-refractivity contribution >= 4 is 39.2 Å². The summed E-state index contributed by atoms with van der Waals surface area (Å²) in [7, 11) is -3.74. The Morgan fingerprint density at radius 2 is 1.70 bits per heavy atom. The molecule has 162 valence electrons. The van der Waals surface area contributed by atoms with E-state index in [0.717, 1.165) is 0 Å². The maximum atomic E-state index is 12.8. The quantitative estimate of drug-likeness (QED) is 0.614. The molecule has 0 fully saturated rings. The molecule has 0 unspecified atom stereocenters. The average molecular weight is 453 g/mol. The first-order valence-electron chi connectivity index (χ1n) is 9.48. The summed E-state index contributed by atoms with van der Waals surface area (Å²) in [5.41, 5.74) is 1.08. The second kappa shape index (κ2) is 10.1. The van der Waals surface area contributed by atoms with Crippen LogP contribution < -0.4 is 5.32 Å². The summed E-state index contributed by atoms with van der Waals surface area (Å²) in [6.45, 7) is 7.22. The van der Waals surface area contributed by atoms with Gasteiger partial charge in [0.2, 0.25) is 10.0 Å². The number of rotatable bonds is 8. The predicted octanol–water partition coefficient (Wildman–Crippen LogP) is 3.86. The van der Waals surface area contributed by atoms with Gasteiger partial charge in [0, 0.05) is 23.8 Å². The van der Waals surface area contributed by atoms with Gasteiger partial charge in [-0.15, -0.1) is 0 Å². The molecular formula is C21H25ClN2O5S. The van der Waals surface area contributed by atoms with Gasteiger partial charge in [-0.3, -0.25) is 4.79 Å². The molecule has 7 nitrogen and oxygen atoms in total. The van der Waals surface area contributed by atoms with Gasteiger partial charge >= 0.3 is 5.97 Å². The third-order valence-corrected chi connectivity index (χ3v) is 6.96. The zero-order valence-corrected chi connectivity index (χ0v) is 18.9. The highest BCUT2D eigenvalue weighted by Gasteiger charge is 2.26. The first-order chi connectivity index (χ1) is 14.1. The van der Waals surface area contributed by atoms with Gasteiger partial charge in [-0.05, 0) is 55.8 Å². The van der Waals surface area contributed by atoms with Gasteiger partial charge in [-0.2, -0.15) is 4.31 Å². The van der Waals surface area contributed by atoms with E-state index in [4.69, 9.17) is 16.3 Å². The normalized spacial score (nSPS) is 12.5. The molecule has 0 radical (unpaired) electrons. The Bertz CT molecular complexity index is 1020. The SMILES string of the molecule is CCN(CC)S(=O)(=O)c1cc(C(=O)O[C@@H](C)C(=O)Nc2ccc(Cl)cc2)ccc1C. The van der Waals surface area contributed by atoms with Crippen LogP contribution in [-0.2, 0) is 19.6 Å². The number of nitrogens with one attached hydrogen (secondary N) is 1. The Balaban J connectivity index is 2.16. The number of ether oxygens (including phenoxy) is 1. The summed E-state index contributed by atoms with van der Waals surface area (Å²) in [4.78, 5) is 24.9. The molecular weight excluding hydrogens is 428 g/mol. The lowest BCUT2D eigenvalue weighted by atomic mass is 10.1. The predicted molar refractivity (Wildman–Crippen MR) is 116 cm³/mol. The van der Waals surface area contributed by atoms with E-state index in [1.807, 2.05) is 0 Å². The second-order valence-corrected chi connectivity index (χ2v) is 8.96. The molecule has 1 atom stereocenters. The number of carbonyl (C=O) groups excluding carboxylic acids is 2. The van der Waals surface area contributed by atoms with Crippen molar-refractivity contribution in [2.75, 3.05) is 18.4 Å². The van der Waals surface area contributed by atoms with Crippen molar-refractivity contribution in [1.29, 1.82) is 0 Å². The zero-order chi connectivity index (χ0) is 22.5. The number of sulfonamides is 1. The molecule has 0 saturated heterocycles. The lowest BCUT2D eigenvalue weighted by Crippen LogP contribution is -2.32. The maximum absolute atomic E-state index is 12.8. The van der Waals surface area contributed by atoms with Crippen LogP contribution in [-0.4, -0.2) is 43.8 Å². The smallest absolute Gasteiger partial charge is 0.338 e. The molecule has 30 heavy (non-hydrogen) atoms. The van der Waals surface area contributed by atoms with Crippen LogP contribution in [0.2, 0.25) is 5.02 Å².